The minimum atomic E-state index is -1.28. The molecule has 4 aromatic heterocycles. The first-order valence-corrected chi connectivity index (χ1v) is 20.8. The van der Waals surface area contributed by atoms with Crippen LogP contribution in [0.25, 0.3) is 70.4 Å². The standard InChI is InChI=1S/C25H16N3S.C18H18NSi.Ir/c1-16-14-15-19-18-10-7-11-20(23(18)29-25(19)26-16)24-27-21-12-5-6-13-22(21)28(24)17-8-3-2-4-9-17;1-20(2,3)15-11-12-18(19-13-15)17-10-6-8-14-7-4-5-9-16(14)17;/h2-10,12-15H,1H3;4-9,11-13H,1-3H3;/q2*-1;. The molecule has 0 saturated heterocycles. The Bertz CT molecular complexity index is 2600. The van der Waals surface area contributed by atoms with E-state index in [1.54, 1.807) is 11.3 Å². The molecule has 7 heteroatoms. The van der Waals surface area contributed by atoms with Gasteiger partial charge in [0.1, 0.15) is 4.83 Å². The van der Waals surface area contributed by atoms with Gasteiger partial charge < -0.3 is 9.55 Å². The number of para-hydroxylation sites is 3. The fraction of sp³-hybridized carbons (Fsp3) is 0.0930. The molecule has 0 aliphatic rings. The number of hydrogen-bond donors (Lipinski definition) is 0. The van der Waals surface area contributed by atoms with Crippen LogP contribution in [0.3, 0.4) is 0 Å². The van der Waals surface area contributed by atoms with Crippen LogP contribution in [0.5, 0.6) is 0 Å². The molecule has 0 spiro atoms. The van der Waals surface area contributed by atoms with Crippen molar-refractivity contribution in [3.8, 4) is 28.3 Å². The van der Waals surface area contributed by atoms with Gasteiger partial charge in [0.2, 0.25) is 0 Å². The maximum Gasteiger partial charge on any atom is 0.113 e. The molecule has 9 aromatic rings. The summed E-state index contributed by atoms with van der Waals surface area (Å²) < 4.78 is 3.40. The summed E-state index contributed by atoms with van der Waals surface area (Å²) in [6, 6.07) is 50.7. The van der Waals surface area contributed by atoms with Crippen LogP contribution in [-0.4, -0.2) is 27.6 Å². The zero-order valence-corrected chi connectivity index (χ0v) is 32.4. The Morgan fingerprint density at radius 1 is 0.660 bits per heavy atom. The number of hydrogen-bond acceptors (Lipinski definition) is 4. The van der Waals surface area contributed by atoms with Gasteiger partial charge in [-0.05, 0) is 58.2 Å². The third-order valence-electron chi connectivity index (χ3n) is 8.84. The molecule has 5 aromatic carbocycles. The number of aromatic nitrogens is 4. The Morgan fingerprint density at radius 2 is 1.40 bits per heavy atom. The van der Waals surface area contributed by atoms with Crippen molar-refractivity contribution in [1.82, 2.24) is 19.5 Å². The molecule has 0 aliphatic heterocycles. The molecular formula is C43H34IrN4SSi-2. The van der Waals surface area contributed by atoms with Crippen molar-refractivity contribution in [2.45, 2.75) is 26.6 Å². The summed E-state index contributed by atoms with van der Waals surface area (Å²) in [5.41, 5.74) is 7.31. The molecule has 0 N–H and O–H groups in total. The van der Waals surface area contributed by atoms with Gasteiger partial charge >= 0.3 is 0 Å². The number of nitrogens with zero attached hydrogens (tertiary/aromatic N) is 4. The van der Waals surface area contributed by atoms with E-state index in [0.29, 0.717) is 0 Å². The summed E-state index contributed by atoms with van der Waals surface area (Å²) in [5, 5.41) is 6.23. The maximum atomic E-state index is 5.02. The second kappa shape index (κ2) is 13.9. The SMILES string of the molecule is C[Si](C)(C)c1ccc(-c2[c-]ccc3ccccc23)nc1.Cc1ccc2c(n1)sc1c(-c3nc4ccccc4n3-c3ccccc3)[c-]ccc12.[Ir]. The number of aryl methyl sites for hydroxylation is 1. The Kier molecular flexibility index (Phi) is 9.34. The number of fused-ring (bicyclic) bond motifs is 5. The normalized spacial score (nSPS) is 11.4. The first kappa shape index (κ1) is 33.7. The predicted molar refractivity (Wildman–Crippen MR) is 210 cm³/mol. The summed E-state index contributed by atoms with van der Waals surface area (Å²) in [6.45, 7) is 9.06. The molecule has 4 nitrogen and oxygen atoms in total. The average molecular weight is 859 g/mol. The van der Waals surface area contributed by atoms with E-state index >= 15 is 0 Å². The molecule has 247 valence electrons. The van der Waals surface area contributed by atoms with Crippen LogP contribution in [0.2, 0.25) is 19.6 Å². The van der Waals surface area contributed by atoms with Crippen molar-refractivity contribution in [2.24, 2.45) is 0 Å². The Balaban J connectivity index is 0.000000165. The zero-order chi connectivity index (χ0) is 33.5. The Hall–Kier alpha value is -4.78. The van der Waals surface area contributed by atoms with Gasteiger partial charge in [-0.2, -0.15) is 11.3 Å². The number of rotatable bonds is 4. The minimum Gasteiger partial charge on any atom is -0.333 e. The van der Waals surface area contributed by atoms with E-state index in [4.69, 9.17) is 9.97 Å². The molecule has 0 atom stereocenters. The van der Waals surface area contributed by atoms with Crippen molar-refractivity contribution in [3.63, 3.8) is 0 Å². The van der Waals surface area contributed by atoms with Crippen LogP contribution < -0.4 is 5.19 Å². The van der Waals surface area contributed by atoms with Gasteiger partial charge in [0.25, 0.3) is 0 Å². The van der Waals surface area contributed by atoms with Crippen LogP contribution in [0.4, 0.5) is 0 Å². The fourth-order valence-corrected chi connectivity index (χ4v) is 8.52. The first-order chi connectivity index (χ1) is 23.8. The molecule has 0 aliphatic carbocycles. The van der Waals surface area contributed by atoms with E-state index in [1.165, 1.54) is 31.4 Å². The van der Waals surface area contributed by atoms with Gasteiger partial charge in [-0.3, -0.25) is 4.98 Å². The minimum absolute atomic E-state index is 0. The van der Waals surface area contributed by atoms with Crippen molar-refractivity contribution in [2.75, 3.05) is 0 Å². The van der Waals surface area contributed by atoms with Crippen LogP contribution in [-0.2, 0) is 20.1 Å². The van der Waals surface area contributed by atoms with Crippen molar-refractivity contribution >= 4 is 66.7 Å². The van der Waals surface area contributed by atoms with E-state index in [-0.39, 0.29) is 20.1 Å². The second-order valence-corrected chi connectivity index (χ2v) is 19.3. The van der Waals surface area contributed by atoms with Crippen molar-refractivity contribution < 1.29 is 20.1 Å². The van der Waals surface area contributed by atoms with E-state index < -0.39 is 8.07 Å². The van der Waals surface area contributed by atoms with Crippen LogP contribution >= 0.6 is 11.3 Å². The largest absolute Gasteiger partial charge is 0.333 e. The summed E-state index contributed by atoms with van der Waals surface area (Å²) in [5.74, 6) is 0.909. The number of imidazole rings is 1. The van der Waals surface area contributed by atoms with Gasteiger partial charge in [0.05, 0.1) is 24.9 Å². The Labute approximate surface area is 310 Å². The topological polar surface area (TPSA) is 43.6 Å². The van der Waals surface area contributed by atoms with E-state index in [2.05, 4.69) is 144 Å². The fourth-order valence-electron chi connectivity index (χ4n) is 6.27. The molecule has 50 heavy (non-hydrogen) atoms. The molecule has 0 amide bonds. The third-order valence-corrected chi connectivity index (χ3v) is 12.0. The van der Waals surface area contributed by atoms with Gasteiger partial charge in [-0.25, -0.2) is 4.98 Å². The summed E-state index contributed by atoms with van der Waals surface area (Å²) in [7, 11) is -1.28. The summed E-state index contributed by atoms with van der Waals surface area (Å²) in [4.78, 5) is 15.5. The van der Waals surface area contributed by atoms with Crippen molar-refractivity contribution in [3.05, 3.63) is 151 Å². The molecule has 0 bridgehead atoms. The number of benzene rings is 5. The zero-order valence-electron chi connectivity index (χ0n) is 28.2. The first-order valence-electron chi connectivity index (χ1n) is 16.5. The predicted octanol–water partition coefficient (Wildman–Crippen LogP) is 10.8. The Morgan fingerprint density at radius 3 is 2.20 bits per heavy atom. The van der Waals surface area contributed by atoms with Gasteiger partial charge in [0, 0.05) is 37.7 Å². The van der Waals surface area contributed by atoms with Gasteiger partial charge in [0.15, 0.2) is 0 Å². The van der Waals surface area contributed by atoms with Crippen molar-refractivity contribution in [1.29, 1.82) is 0 Å². The number of thiophene rings is 1. The van der Waals surface area contributed by atoms with E-state index in [0.717, 1.165) is 49.9 Å². The van der Waals surface area contributed by atoms with E-state index in [9.17, 15) is 0 Å². The molecule has 1 radical (unpaired) electrons. The van der Waals surface area contributed by atoms with Gasteiger partial charge in [-0.15, -0.1) is 47.3 Å². The molecule has 0 saturated carbocycles. The van der Waals surface area contributed by atoms with Crippen LogP contribution in [0, 0.1) is 19.1 Å². The average Bonchev–Trinajstić information content (AvgIpc) is 3.70. The van der Waals surface area contributed by atoms with Gasteiger partial charge in [-0.1, -0.05) is 109 Å². The molecule has 4 heterocycles. The monoisotopic (exact) mass is 859 g/mol. The quantitative estimate of drug-likeness (QED) is 0.131. The molecule has 0 unspecified atom stereocenters. The third kappa shape index (κ3) is 6.34. The van der Waals surface area contributed by atoms with E-state index in [1.807, 2.05) is 37.4 Å². The molecule has 0 fully saturated rings. The van der Waals surface area contributed by atoms with Crippen LogP contribution in [0.1, 0.15) is 5.69 Å². The smallest absolute Gasteiger partial charge is 0.113 e. The molecular weight excluding hydrogens is 825 g/mol. The molecule has 9 rings (SSSR count). The summed E-state index contributed by atoms with van der Waals surface area (Å²) in [6.07, 6.45) is 2.04. The number of pyridine rings is 2. The second-order valence-electron chi connectivity index (χ2n) is 13.2. The maximum absolute atomic E-state index is 5.02. The van der Waals surface area contributed by atoms with Crippen LogP contribution in [0.15, 0.2) is 134 Å². The summed E-state index contributed by atoms with van der Waals surface area (Å²) >= 11 is 1.72.